The zero-order chi connectivity index (χ0) is 13.1. The summed E-state index contributed by atoms with van der Waals surface area (Å²) in [5.74, 6) is 0.547. The van der Waals surface area contributed by atoms with E-state index in [1.54, 1.807) is 24.3 Å². The Morgan fingerprint density at radius 3 is 2.78 bits per heavy atom. The largest absolute Gasteiger partial charge is 0.437 e. The summed E-state index contributed by atoms with van der Waals surface area (Å²) in [5, 5.41) is 10.6. The second-order valence-corrected chi connectivity index (χ2v) is 3.82. The zero-order valence-corrected chi connectivity index (χ0v) is 9.79. The molecule has 1 aromatic carbocycles. The number of ether oxygens (including phenoxy) is 1. The monoisotopic (exact) mass is 265 g/mol. The van der Waals surface area contributed by atoms with Gasteiger partial charge in [-0.2, -0.15) is 0 Å². The fourth-order valence-electron chi connectivity index (χ4n) is 1.28. The lowest BCUT2D eigenvalue weighted by atomic mass is 10.3. The van der Waals surface area contributed by atoms with E-state index in [4.69, 9.17) is 22.1 Å². The Labute approximate surface area is 107 Å². The molecule has 0 amide bonds. The molecule has 0 aliphatic heterocycles. The number of benzene rings is 1. The fourth-order valence-corrected chi connectivity index (χ4v) is 1.48. The van der Waals surface area contributed by atoms with Crippen molar-refractivity contribution in [1.29, 1.82) is 0 Å². The lowest BCUT2D eigenvalue weighted by Gasteiger charge is -2.06. The average molecular weight is 266 g/mol. The van der Waals surface area contributed by atoms with Crippen molar-refractivity contribution in [3.63, 3.8) is 0 Å². The Balaban J connectivity index is 2.27. The number of nitro groups is 1. The summed E-state index contributed by atoms with van der Waals surface area (Å²) in [4.78, 5) is 13.7. The van der Waals surface area contributed by atoms with Gasteiger partial charge in [-0.15, -0.1) is 0 Å². The van der Waals surface area contributed by atoms with Crippen LogP contribution < -0.4 is 10.5 Å². The van der Waals surface area contributed by atoms with Gasteiger partial charge in [-0.1, -0.05) is 17.7 Å². The van der Waals surface area contributed by atoms with Crippen LogP contribution in [0.2, 0.25) is 5.02 Å². The molecule has 1 aromatic heterocycles. The summed E-state index contributed by atoms with van der Waals surface area (Å²) >= 11 is 5.84. The number of anilines is 1. The van der Waals surface area contributed by atoms with Gasteiger partial charge in [-0.3, -0.25) is 10.1 Å². The van der Waals surface area contributed by atoms with Crippen molar-refractivity contribution < 1.29 is 9.66 Å². The average Bonchev–Trinajstić information content (AvgIpc) is 2.31. The summed E-state index contributed by atoms with van der Waals surface area (Å²) in [7, 11) is 0. The molecule has 0 aliphatic rings. The number of hydrogen-bond donors (Lipinski definition) is 1. The van der Waals surface area contributed by atoms with E-state index in [1.165, 1.54) is 6.07 Å². The Bertz CT molecular complexity index is 604. The quantitative estimate of drug-likeness (QED) is 0.523. The van der Waals surface area contributed by atoms with Crippen LogP contribution >= 0.6 is 11.6 Å². The van der Waals surface area contributed by atoms with Gasteiger partial charge in [0, 0.05) is 17.8 Å². The van der Waals surface area contributed by atoms with E-state index in [1.807, 2.05) is 0 Å². The third-order valence-corrected chi connectivity index (χ3v) is 2.35. The van der Waals surface area contributed by atoms with Gasteiger partial charge in [0.25, 0.3) is 5.69 Å². The van der Waals surface area contributed by atoms with Gasteiger partial charge in [-0.05, 0) is 12.1 Å². The van der Waals surface area contributed by atoms with Gasteiger partial charge in [0.15, 0.2) is 0 Å². The molecule has 0 spiro atoms. The third-order valence-electron chi connectivity index (χ3n) is 2.08. The van der Waals surface area contributed by atoms with Crippen LogP contribution in [-0.4, -0.2) is 9.91 Å². The predicted octanol–water partition coefficient (Wildman–Crippen LogP) is 3.02. The summed E-state index contributed by atoms with van der Waals surface area (Å²) < 4.78 is 5.38. The van der Waals surface area contributed by atoms with Gasteiger partial charge in [0.2, 0.25) is 5.88 Å². The summed E-state index contributed by atoms with van der Waals surface area (Å²) in [6.45, 7) is 0. The van der Waals surface area contributed by atoms with Crippen LogP contribution in [0.3, 0.4) is 0 Å². The molecule has 0 fully saturated rings. The number of halogens is 1. The second kappa shape index (κ2) is 4.89. The highest BCUT2D eigenvalue weighted by atomic mass is 35.5. The molecule has 0 bridgehead atoms. The summed E-state index contributed by atoms with van der Waals surface area (Å²) in [6.07, 6.45) is 1.08. The first-order valence-electron chi connectivity index (χ1n) is 4.89. The number of nitrogen functional groups attached to an aromatic ring is 1. The maximum Gasteiger partial charge on any atom is 0.289 e. The van der Waals surface area contributed by atoms with Crippen molar-refractivity contribution in [2.45, 2.75) is 0 Å². The SMILES string of the molecule is Nc1cccc(Oc2ncc([N+](=O)[O-])cc2Cl)c1. The van der Waals surface area contributed by atoms with Crippen molar-refractivity contribution in [1.82, 2.24) is 4.98 Å². The number of pyridine rings is 1. The molecule has 0 saturated carbocycles. The standard InChI is InChI=1S/C11H8ClN3O3/c12-10-5-8(15(16)17)6-14-11(10)18-9-3-1-2-7(13)4-9/h1-6H,13H2. The van der Waals surface area contributed by atoms with Crippen LogP contribution in [0.1, 0.15) is 0 Å². The molecule has 6 nitrogen and oxygen atoms in total. The molecule has 0 aliphatic carbocycles. The van der Waals surface area contributed by atoms with Crippen molar-refractivity contribution in [2.24, 2.45) is 0 Å². The molecule has 0 radical (unpaired) electrons. The number of hydrogen-bond acceptors (Lipinski definition) is 5. The Hall–Kier alpha value is -2.34. The molecule has 0 atom stereocenters. The minimum Gasteiger partial charge on any atom is -0.437 e. The zero-order valence-electron chi connectivity index (χ0n) is 9.04. The minimum absolute atomic E-state index is 0.0617. The molecule has 2 rings (SSSR count). The van der Waals surface area contributed by atoms with Gasteiger partial charge < -0.3 is 10.5 Å². The van der Waals surface area contributed by atoms with Crippen LogP contribution in [0.5, 0.6) is 11.6 Å². The van der Waals surface area contributed by atoms with Gasteiger partial charge >= 0.3 is 0 Å². The topological polar surface area (TPSA) is 91.3 Å². The third kappa shape index (κ3) is 2.67. The minimum atomic E-state index is -0.580. The van der Waals surface area contributed by atoms with Gasteiger partial charge in [-0.25, -0.2) is 4.98 Å². The molecule has 7 heteroatoms. The first-order valence-corrected chi connectivity index (χ1v) is 5.27. The van der Waals surface area contributed by atoms with Crippen molar-refractivity contribution in [3.05, 3.63) is 51.7 Å². The van der Waals surface area contributed by atoms with Crippen LogP contribution in [0.25, 0.3) is 0 Å². The number of rotatable bonds is 3. The number of nitrogens with zero attached hydrogens (tertiary/aromatic N) is 2. The molecular weight excluding hydrogens is 258 g/mol. The van der Waals surface area contributed by atoms with E-state index in [2.05, 4.69) is 4.98 Å². The van der Waals surface area contributed by atoms with E-state index in [0.29, 0.717) is 11.4 Å². The number of aromatic nitrogens is 1. The first-order chi connectivity index (χ1) is 8.56. The van der Waals surface area contributed by atoms with Crippen LogP contribution in [0, 0.1) is 10.1 Å². The van der Waals surface area contributed by atoms with Crippen LogP contribution in [-0.2, 0) is 0 Å². The van der Waals surface area contributed by atoms with E-state index >= 15 is 0 Å². The van der Waals surface area contributed by atoms with Gasteiger partial charge in [0.05, 0.1) is 4.92 Å². The molecule has 18 heavy (non-hydrogen) atoms. The Morgan fingerprint density at radius 2 is 2.17 bits per heavy atom. The normalized spacial score (nSPS) is 10.1. The predicted molar refractivity (Wildman–Crippen MR) is 66.8 cm³/mol. The lowest BCUT2D eigenvalue weighted by molar-refractivity contribution is -0.385. The Kier molecular flexibility index (Phi) is 3.29. The maximum absolute atomic E-state index is 10.5. The molecular formula is C11H8ClN3O3. The molecule has 0 unspecified atom stereocenters. The fraction of sp³-hybridized carbons (Fsp3) is 0. The highest BCUT2D eigenvalue weighted by Crippen LogP contribution is 2.30. The summed E-state index contributed by atoms with van der Waals surface area (Å²) in [5.41, 5.74) is 5.93. The molecule has 2 N–H and O–H groups in total. The van der Waals surface area contributed by atoms with E-state index < -0.39 is 4.92 Å². The van der Waals surface area contributed by atoms with E-state index in [-0.39, 0.29) is 16.6 Å². The molecule has 2 aromatic rings. The first kappa shape index (κ1) is 12.1. The highest BCUT2D eigenvalue weighted by molar-refractivity contribution is 6.32. The van der Waals surface area contributed by atoms with Crippen LogP contribution in [0.15, 0.2) is 36.5 Å². The smallest absolute Gasteiger partial charge is 0.289 e. The Morgan fingerprint density at radius 1 is 1.39 bits per heavy atom. The summed E-state index contributed by atoms with van der Waals surface area (Å²) in [6, 6.07) is 7.87. The van der Waals surface area contributed by atoms with E-state index in [0.717, 1.165) is 6.20 Å². The van der Waals surface area contributed by atoms with Gasteiger partial charge in [0.1, 0.15) is 17.0 Å². The maximum atomic E-state index is 10.5. The second-order valence-electron chi connectivity index (χ2n) is 3.41. The lowest BCUT2D eigenvalue weighted by Crippen LogP contribution is -1.93. The van der Waals surface area contributed by atoms with Crippen molar-refractivity contribution in [3.8, 4) is 11.6 Å². The highest BCUT2D eigenvalue weighted by Gasteiger charge is 2.12. The molecule has 1 heterocycles. The van der Waals surface area contributed by atoms with E-state index in [9.17, 15) is 10.1 Å². The van der Waals surface area contributed by atoms with Crippen LogP contribution in [0.4, 0.5) is 11.4 Å². The number of nitrogens with two attached hydrogens (primary N) is 1. The van der Waals surface area contributed by atoms with Crippen molar-refractivity contribution >= 4 is 23.0 Å². The molecule has 92 valence electrons. The molecule has 0 saturated heterocycles. The van der Waals surface area contributed by atoms with Crippen molar-refractivity contribution in [2.75, 3.05) is 5.73 Å².